The minimum atomic E-state index is -3.14. The molecule has 0 radical (unpaired) electrons. The first-order valence-electron chi connectivity index (χ1n) is 5.27. The molecular weight excluding hydrogens is 230 g/mol. The van der Waals surface area contributed by atoms with Crippen molar-refractivity contribution in [1.82, 2.24) is 9.62 Å². The third kappa shape index (κ3) is 6.04. The molecule has 6 nitrogen and oxygen atoms in total. The number of nitrogens with one attached hydrogen (secondary N) is 1. The summed E-state index contributed by atoms with van der Waals surface area (Å²) in [7, 11) is -3.14. The van der Waals surface area contributed by atoms with Gasteiger partial charge in [0.1, 0.15) is 0 Å². The van der Waals surface area contributed by atoms with Crippen LogP contribution in [0.25, 0.3) is 0 Å². The molecule has 0 saturated heterocycles. The summed E-state index contributed by atoms with van der Waals surface area (Å²) < 4.78 is 23.8. The van der Waals surface area contributed by atoms with Gasteiger partial charge < -0.3 is 11.1 Å². The number of nitrogens with two attached hydrogens (primary N) is 1. The summed E-state index contributed by atoms with van der Waals surface area (Å²) in [4.78, 5) is 11.1. The van der Waals surface area contributed by atoms with Crippen LogP contribution >= 0.6 is 0 Å². The van der Waals surface area contributed by atoms with Crippen molar-refractivity contribution in [2.24, 2.45) is 5.73 Å². The number of carbonyl (C=O) groups excluding carboxylic acids is 1. The van der Waals surface area contributed by atoms with Gasteiger partial charge in [-0.3, -0.25) is 4.79 Å². The van der Waals surface area contributed by atoms with E-state index < -0.39 is 16.1 Å². The monoisotopic (exact) mass is 251 g/mol. The van der Waals surface area contributed by atoms with Gasteiger partial charge in [-0.25, -0.2) is 12.7 Å². The number of nitrogens with zero attached hydrogens (tertiary/aromatic N) is 1. The Hall–Kier alpha value is -0.660. The van der Waals surface area contributed by atoms with Crippen molar-refractivity contribution >= 4 is 15.9 Å². The third-order valence-corrected chi connectivity index (χ3v) is 3.50. The molecule has 0 spiro atoms. The van der Waals surface area contributed by atoms with Crippen molar-refractivity contribution in [2.75, 3.05) is 25.9 Å². The van der Waals surface area contributed by atoms with Gasteiger partial charge in [-0.05, 0) is 13.3 Å². The molecule has 0 aromatic carbocycles. The van der Waals surface area contributed by atoms with Gasteiger partial charge in [0.25, 0.3) is 0 Å². The van der Waals surface area contributed by atoms with Crippen LogP contribution in [-0.4, -0.2) is 50.6 Å². The van der Waals surface area contributed by atoms with Crippen molar-refractivity contribution < 1.29 is 13.2 Å². The van der Waals surface area contributed by atoms with Gasteiger partial charge in [-0.1, -0.05) is 6.92 Å². The van der Waals surface area contributed by atoms with Crippen LogP contribution in [0.3, 0.4) is 0 Å². The second-order valence-corrected chi connectivity index (χ2v) is 5.67. The van der Waals surface area contributed by atoms with E-state index in [9.17, 15) is 13.2 Å². The number of rotatable bonds is 7. The van der Waals surface area contributed by atoms with Crippen molar-refractivity contribution in [1.29, 1.82) is 0 Å². The molecule has 0 bridgehead atoms. The van der Waals surface area contributed by atoms with E-state index in [0.717, 1.165) is 0 Å². The van der Waals surface area contributed by atoms with E-state index in [-0.39, 0.29) is 5.91 Å². The Kier molecular flexibility index (Phi) is 6.54. The lowest BCUT2D eigenvalue weighted by Crippen LogP contribution is -2.40. The van der Waals surface area contributed by atoms with Crippen molar-refractivity contribution in [3.63, 3.8) is 0 Å². The van der Waals surface area contributed by atoms with Crippen LogP contribution in [0.1, 0.15) is 20.3 Å². The average molecular weight is 251 g/mol. The maximum Gasteiger partial charge on any atom is 0.236 e. The highest BCUT2D eigenvalue weighted by Gasteiger charge is 2.13. The van der Waals surface area contributed by atoms with E-state index in [4.69, 9.17) is 5.73 Å². The molecule has 96 valence electrons. The largest absolute Gasteiger partial charge is 0.355 e. The van der Waals surface area contributed by atoms with E-state index in [1.807, 2.05) is 0 Å². The molecule has 0 rings (SSSR count). The molecular formula is C9H21N3O3S. The van der Waals surface area contributed by atoms with Crippen LogP contribution in [0.2, 0.25) is 0 Å². The zero-order valence-corrected chi connectivity index (χ0v) is 10.9. The molecule has 16 heavy (non-hydrogen) atoms. The molecule has 7 heteroatoms. The first-order valence-corrected chi connectivity index (χ1v) is 7.12. The van der Waals surface area contributed by atoms with E-state index in [0.29, 0.717) is 26.1 Å². The molecule has 0 saturated carbocycles. The highest BCUT2D eigenvalue weighted by Crippen LogP contribution is 1.98. The second kappa shape index (κ2) is 6.82. The topological polar surface area (TPSA) is 92.5 Å². The van der Waals surface area contributed by atoms with E-state index in [1.54, 1.807) is 13.8 Å². The molecule has 1 atom stereocenters. The fraction of sp³-hybridized carbons (Fsp3) is 0.889. The van der Waals surface area contributed by atoms with Gasteiger partial charge >= 0.3 is 0 Å². The fourth-order valence-corrected chi connectivity index (χ4v) is 2.12. The Morgan fingerprint density at radius 1 is 1.50 bits per heavy atom. The summed E-state index contributed by atoms with van der Waals surface area (Å²) in [5.41, 5.74) is 5.36. The maximum atomic E-state index is 11.2. The van der Waals surface area contributed by atoms with Crippen LogP contribution in [0.15, 0.2) is 0 Å². The normalized spacial score (nSPS) is 13.8. The molecule has 0 fully saturated rings. The summed E-state index contributed by atoms with van der Waals surface area (Å²) in [6, 6.07) is -0.530. The molecule has 0 unspecified atom stereocenters. The SMILES string of the molecule is CCN(CCCNC(=O)[C@H](C)N)S(C)(=O)=O. The van der Waals surface area contributed by atoms with Crippen LogP contribution in [0.5, 0.6) is 0 Å². The number of hydrogen-bond donors (Lipinski definition) is 2. The van der Waals surface area contributed by atoms with Gasteiger partial charge in [0.15, 0.2) is 0 Å². The third-order valence-electron chi connectivity index (χ3n) is 2.12. The molecule has 0 aliphatic carbocycles. The Balaban J connectivity index is 3.86. The van der Waals surface area contributed by atoms with Crippen molar-refractivity contribution in [3.05, 3.63) is 0 Å². The lowest BCUT2D eigenvalue weighted by atomic mass is 10.3. The molecule has 3 N–H and O–H groups in total. The lowest BCUT2D eigenvalue weighted by molar-refractivity contribution is -0.121. The van der Waals surface area contributed by atoms with Gasteiger partial charge in [0.2, 0.25) is 15.9 Å². The zero-order chi connectivity index (χ0) is 12.8. The number of carbonyl (C=O) groups is 1. The van der Waals surface area contributed by atoms with Crippen LogP contribution < -0.4 is 11.1 Å². The quantitative estimate of drug-likeness (QED) is 0.575. The number of sulfonamides is 1. The van der Waals surface area contributed by atoms with E-state index in [1.165, 1.54) is 10.6 Å². The summed E-state index contributed by atoms with van der Waals surface area (Å²) >= 11 is 0. The van der Waals surface area contributed by atoms with Crippen LogP contribution in [0.4, 0.5) is 0 Å². The second-order valence-electron chi connectivity index (χ2n) is 3.69. The Morgan fingerprint density at radius 3 is 2.44 bits per heavy atom. The highest BCUT2D eigenvalue weighted by molar-refractivity contribution is 7.88. The molecule has 1 amide bonds. The maximum absolute atomic E-state index is 11.2. The predicted octanol–water partition coefficient (Wildman–Crippen LogP) is -0.879. The first-order chi connectivity index (χ1) is 7.29. The minimum Gasteiger partial charge on any atom is -0.355 e. The highest BCUT2D eigenvalue weighted by atomic mass is 32.2. The van der Waals surface area contributed by atoms with Gasteiger partial charge in [-0.15, -0.1) is 0 Å². The Morgan fingerprint density at radius 2 is 2.06 bits per heavy atom. The van der Waals surface area contributed by atoms with Crippen molar-refractivity contribution in [2.45, 2.75) is 26.3 Å². The fourth-order valence-electron chi connectivity index (χ4n) is 1.19. The van der Waals surface area contributed by atoms with Crippen molar-refractivity contribution in [3.8, 4) is 0 Å². The van der Waals surface area contributed by atoms with E-state index >= 15 is 0 Å². The molecule has 0 aliphatic heterocycles. The summed E-state index contributed by atoms with van der Waals surface area (Å²) in [6.45, 7) is 4.67. The molecule has 0 heterocycles. The van der Waals surface area contributed by atoms with Gasteiger partial charge in [0, 0.05) is 19.6 Å². The summed E-state index contributed by atoms with van der Waals surface area (Å²) in [5, 5.41) is 2.63. The number of hydrogen-bond acceptors (Lipinski definition) is 4. The number of amides is 1. The summed E-state index contributed by atoms with van der Waals surface area (Å²) in [5.74, 6) is -0.220. The van der Waals surface area contributed by atoms with Gasteiger partial charge in [-0.2, -0.15) is 0 Å². The summed E-state index contributed by atoms with van der Waals surface area (Å²) in [6.07, 6.45) is 1.76. The zero-order valence-electron chi connectivity index (χ0n) is 10.1. The van der Waals surface area contributed by atoms with E-state index in [2.05, 4.69) is 5.32 Å². The molecule has 0 aromatic heterocycles. The smallest absolute Gasteiger partial charge is 0.236 e. The minimum absolute atomic E-state index is 0.220. The lowest BCUT2D eigenvalue weighted by Gasteiger charge is -2.17. The Labute approximate surface area is 97.2 Å². The Bertz CT molecular complexity index is 314. The van der Waals surface area contributed by atoms with Crippen LogP contribution in [0, 0.1) is 0 Å². The molecule has 0 aliphatic rings. The average Bonchev–Trinajstić information content (AvgIpc) is 2.15. The molecule has 0 aromatic rings. The first kappa shape index (κ1) is 15.3. The standard InChI is InChI=1S/C9H21N3O3S/c1-4-12(16(3,14)15)7-5-6-11-9(13)8(2)10/h8H,4-7,10H2,1-3H3,(H,11,13)/t8-/m0/s1. The predicted molar refractivity (Wildman–Crippen MR) is 63.4 cm³/mol. The van der Waals surface area contributed by atoms with Crippen LogP contribution in [-0.2, 0) is 14.8 Å². The van der Waals surface area contributed by atoms with Gasteiger partial charge in [0.05, 0.1) is 12.3 Å².